The number of ether oxygens (including phenoxy) is 1. The first kappa shape index (κ1) is 21.7. The number of hydrogen-bond acceptors (Lipinski definition) is 4. The minimum absolute atomic E-state index is 0.126. The molecule has 3 aromatic rings. The molecule has 0 aliphatic heterocycles. The molecule has 0 spiro atoms. The maximum Gasteiger partial charge on any atom is 0.271 e. The number of rotatable bonds is 8. The number of hydrogen-bond donors (Lipinski definition) is 1. The lowest BCUT2D eigenvalue weighted by Gasteiger charge is -2.08. The molecule has 154 valence electrons. The van der Waals surface area contributed by atoms with Gasteiger partial charge in [0.25, 0.3) is 5.91 Å². The number of amides is 1. The third-order valence-corrected chi connectivity index (χ3v) is 5.92. The molecule has 0 aliphatic rings. The van der Waals surface area contributed by atoms with Crippen LogP contribution in [0.5, 0.6) is 5.75 Å². The number of benzene rings is 1. The molecule has 0 fully saturated rings. The van der Waals surface area contributed by atoms with Gasteiger partial charge in [-0.1, -0.05) is 23.2 Å². The second-order valence-electron chi connectivity index (χ2n) is 6.41. The van der Waals surface area contributed by atoms with Crippen molar-refractivity contribution in [3.8, 4) is 5.75 Å². The molecule has 3 rings (SSSR count). The molecule has 0 aliphatic carbocycles. The average molecular weight is 501 g/mol. The van der Waals surface area contributed by atoms with Gasteiger partial charge in [-0.3, -0.25) is 9.48 Å². The lowest BCUT2D eigenvalue weighted by atomic mass is 10.3. The number of nitrogens with one attached hydrogen (secondary N) is 1. The van der Waals surface area contributed by atoms with E-state index < -0.39 is 0 Å². The first-order valence-electron chi connectivity index (χ1n) is 8.94. The Kier molecular flexibility index (Phi) is 7.21. The van der Waals surface area contributed by atoms with Crippen LogP contribution < -0.4 is 10.1 Å². The van der Waals surface area contributed by atoms with Crippen LogP contribution in [0.4, 0.5) is 0 Å². The molecule has 2 heterocycles. The number of carbonyl (C=O) groups is 1. The van der Waals surface area contributed by atoms with Crippen molar-refractivity contribution in [2.45, 2.75) is 33.5 Å². The van der Waals surface area contributed by atoms with E-state index in [-0.39, 0.29) is 12.6 Å². The van der Waals surface area contributed by atoms with E-state index in [1.165, 1.54) is 4.68 Å². The summed E-state index contributed by atoms with van der Waals surface area (Å²) < 4.78 is 10.1. The number of nitrogens with zero attached hydrogens (tertiary/aromatic N) is 4. The van der Waals surface area contributed by atoms with E-state index in [2.05, 4.69) is 31.4 Å². The first-order valence-corrected chi connectivity index (χ1v) is 10.5. The predicted octanol–water partition coefficient (Wildman–Crippen LogP) is 4.62. The van der Waals surface area contributed by atoms with Crippen LogP contribution in [0.1, 0.15) is 28.3 Å². The number of aryl methyl sites for hydroxylation is 2. The smallest absolute Gasteiger partial charge is 0.271 e. The van der Waals surface area contributed by atoms with Crippen LogP contribution in [-0.4, -0.2) is 32.0 Å². The summed E-state index contributed by atoms with van der Waals surface area (Å²) in [5, 5.41) is 12.5. The molecule has 1 amide bonds. The predicted molar refractivity (Wildman–Crippen MR) is 116 cm³/mol. The molecule has 0 radical (unpaired) electrons. The number of aromatic nitrogens is 4. The largest absolute Gasteiger partial charge is 0.470 e. The summed E-state index contributed by atoms with van der Waals surface area (Å²) in [6.45, 7) is 5.34. The van der Waals surface area contributed by atoms with Crippen LogP contribution in [0.2, 0.25) is 10.0 Å². The first-order chi connectivity index (χ1) is 13.8. The minimum atomic E-state index is -0.233. The van der Waals surface area contributed by atoms with Crippen LogP contribution in [0.15, 0.2) is 34.9 Å². The molecule has 0 saturated carbocycles. The fourth-order valence-electron chi connectivity index (χ4n) is 2.70. The summed E-state index contributed by atoms with van der Waals surface area (Å²) in [4.78, 5) is 12.3. The van der Waals surface area contributed by atoms with Gasteiger partial charge >= 0.3 is 0 Å². The van der Waals surface area contributed by atoms with Gasteiger partial charge in [-0.2, -0.15) is 10.2 Å². The Labute approximate surface area is 187 Å². The average Bonchev–Trinajstić information content (AvgIpc) is 3.25. The van der Waals surface area contributed by atoms with E-state index in [4.69, 9.17) is 27.9 Å². The maximum absolute atomic E-state index is 12.3. The molecule has 0 atom stereocenters. The lowest BCUT2D eigenvalue weighted by Crippen LogP contribution is -2.26. The van der Waals surface area contributed by atoms with Crippen molar-refractivity contribution in [2.75, 3.05) is 6.54 Å². The molecule has 1 aromatic carbocycles. The van der Waals surface area contributed by atoms with Crippen LogP contribution in [0.3, 0.4) is 0 Å². The summed E-state index contributed by atoms with van der Waals surface area (Å²) in [6, 6.07) is 6.62. The Morgan fingerprint density at radius 2 is 2.03 bits per heavy atom. The van der Waals surface area contributed by atoms with Crippen molar-refractivity contribution in [3.05, 3.63) is 62.1 Å². The minimum Gasteiger partial charge on any atom is -0.470 e. The zero-order valence-corrected chi connectivity index (χ0v) is 19.1. The maximum atomic E-state index is 12.3. The van der Waals surface area contributed by atoms with Crippen molar-refractivity contribution in [2.24, 2.45) is 0 Å². The molecule has 0 unspecified atom stereocenters. The van der Waals surface area contributed by atoms with Gasteiger partial charge < -0.3 is 10.1 Å². The summed E-state index contributed by atoms with van der Waals surface area (Å²) >= 11 is 15.5. The van der Waals surface area contributed by atoms with Crippen molar-refractivity contribution in [1.29, 1.82) is 0 Å². The van der Waals surface area contributed by atoms with E-state index in [0.29, 0.717) is 28.0 Å². The monoisotopic (exact) mass is 499 g/mol. The number of halogens is 3. The molecule has 2 aromatic heterocycles. The summed E-state index contributed by atoms with van der Waals surface area (Å²) in [7, 11) is 0. The normalized spacial score (nSPS) is 10.9. The SMILES string of the molecule is Cc1nn(CCCNC(=O)c2ccn(COc3ccc(Cl)cc3Cl)n2)c(C)c1Br. The van der Waals surface area contributed by atoms with Crippen LogP contribution in [-0.2, 0) is 13.3 Å². The highest BCUT2D eigenvalue weighted by molar-refractivity contribution is 9.10. The lowest BCUT2D eigenvalue weighted by molar-refractivity contribution is 0.0945. The fourth-order valence-corrected chi connectivity index (χ4v) is 3.44. The summed E-state index contributed by atoms with van der Waals surface area (Å²) in [6.07, 6.45) is 2.44. The summed E-state index contributed by atoms with van der Waals surface area (Å²) in [5.74, 6) is 0.260. The Morgan fingerprint density at radius 1 is 1.24 bits per heavy atom. The Bertz CT molecular complexity index is 1020. The molecule has 0 saturated heterocycles. The molecule has 1 N–H and O–H groups in total. The van der Waals surface area contributed by atoms with Crippen LogP contribution in [0.25, 0.3) is 0 Å². The Morgan fingerprint density at radius 3 is 2.72 bits per heavy atom. The standard InChI is InChI=1S/C19H20BrCl2N5O2/c1-12-18(20)13(2)27(24-12)8-3-7-23-19(28)16-6-9-26(25-16)11-29-17-5-4-14(21)10-15(17)22/h4-6,9-10H,3,7-8,11H2,1-2H3,(H,23,28). The highest BCUT2D eigenvalue weighted by Crippen LogP contribution is 2.27. The zero-order chi connectivity index (χ0) is 21.0. The van der Waals surface area contributed by atoms with Gasteiger partial charge in [0.05, 0.1) is 15.2 Å². The Balaban J connectivity index is 1.45. The molecular formula is C19H20BrCl2N5O2. The van der Waals surface area contributed by atoms with Gasteiger partial charge in [0, 0.05) is 30.0 Å². The van der Waals surface area contributed by atoms with Crippen molar-refractivity contribution >= 4 is 45.0 Å². The zero-order valence-electron chi connectivity index (χ0n) is 16.0. The quantitative estimate of drug-likeness (QED) is 0.458. The van der Waals surface area contributed by atoms with E-state index in [0.717, 1.165) is 28.8 Å². The Hall–Kier alpha value is -2.03. The van der Waals surface area contributed by atoms with E-state index in [9.17, 15) is 4.79 Å². The van der Waals surface area contributed by atoms with Gasteiger partial charge in [-0.05, 0) is 60.5 Å². The van der Waals surface area contributed by atoms with Crippen molar-refractivity contribution in [1.82, 2.24) is 24.9 Å². The van der Waals surface area contributed by atoms with E-state index in [1.54, 1.807) is 30.5 Å². The molecular weight excluding hydrogens is 481 g/mol. The van der Waals surface area contributed by atoms with Crippen molar-refractivity contribution < 1.29 is 9.53 Å². The van der Waals surface area contributed by atoms with E-state index in [1.807, 2.05) is 18.5 Å². The second-order valence-corrected chi connectivity index (χ2v) is 8.04. The third kappa shape index (κ3) is 5.52. The third-order valence-electron chi connectivity index (χ3n) is 4.24. The topological polar surface area (TPSA) is 74.0 Å². The molecule has 10 heteroatoms. The van der Waals surface area contributed by atoms with E-state index >= 15 is 0 Å². The summed E-state index contributed by atoms with van der Waals surface area (Å²) in [5.41, 5.74) is 2.36. The van der Waals surface area contributed by atoms with Gasteiger partial charge in [0.1, 0.15) is 11.4 Å². The second kappa shape index (κ2) is 9.65. The molecule has 29 heavy (non-hydrogen) atoms. The highest BCUT2D eigenvalue weighted by atomic mass is 79.9. The highest BCUT2D eigenvalue weighted by Gasteiger charge is 2.11. The molecule has 0 bridgehead atoms. The van der Waals surface area contributed by atoms with Crippen molar-refractivity contribution in [3.63, 3.8) is 0 Å². The van der Waals surface area contributed by atoms with Gasteiger partial charge in [0.2, 0.25) is 0 Å². The van der Waals surface area contributed by atoms with Gasteiger partial charge in [-0.25, -0.2) is 4.68 Å². The fraction of sp³-hybridized carbons (Fsp3) is 0.316. The van der Waals surface area contributed by atoms with Crippen LogP contribution >= 0.6 is 39.1 Å². The van der Waals surface area contributed by atoms with Crippen LogP contribution in [0, 0.1) is 13.8 Å². The van der Waals surface area contributed by atoms with Gasteiger partial charge in [-0.15, -0.1) is 0 Å². The molecule has 7 nitrogen and oxygen atoms in total. The van der Waals surface area contributed by atoms with Gasteiger partial charge in [0.15, 0.2) is 6.73 Å². The number of carbonyl (C=O) groups excluding carboxylic acids is 1.